The number of hydrogen-bond acceptors (Lipinski definition) is 3. The lowest BCUT2D eigenvalue weighted by Crippen LogP contribution is -2.40. The van der Waals surface area contributed by atoms with Crippen molar-refractivity contribution in [1.82, 2.24) is 9.47 Å². The van der Waals surface area contributed by atoms with Gasteiger partial charge in [0, 0.05) is 37.6 Å². The van der Waals surface area contributed by atoms with Crippen molar-refractivity contribution < 1.29 is 9.84 Å². The normalized spacial score (nSPS) is 16.8. The first-order valence-corrected chi connectivity index (χ1v) is 9.85. The molecule has 1 unspecified atom stereocenters. The number of hydrogen-bond donors (Lipinski definition) is 1. The molecule has 1 aliphatic carbocycles. The lowest BCUT2D eigenvalue weighted by atomic mass is 9.94. The van der Waals surface area contributed by atoms with E-state index >= 15 is 0 Å². The van der Waals surface area contributed by atoms with Gasteiger partial charge < -0.3 is 14.4 Å². The van der Waals surface area contributed by atoms with Gasteiger partial charge in [-0.15, -0.1) is 0 Å². The highest BCUT2D eigenvalue weighted by Crippen LogP contribution is 2.25. The number of ether oxygens (including phenoxy) is 1. The lowest BCUT2D eigenvalue weighted by Gasteiger charge is -2.35. The first kappa shape index (κ1) is 19.0. The Morgan fingerprint density at radius 2 is 2.00 bits per heavy atom. The number of rotatable bonds is 8. The van der Waals surface area contributed by atoms with Gasteiger partial charge in [0.2, 0.25) is 0 Å². The molecule has 1 aromatic carbocycles. The van der Waals surface area contributed by atoms with Crippen LogP contribution < -0.4 is 4.74 Å². The van der Waals surface area contributed by atoms with Crippen LogP contribution in [0.4, 0.5) is 0 Å². The highest BCUT2D eigenvalue weighted by atomic mass is 16.5. The summed E-state index contributed by atoms with van der Waals surface area (Å²) >= 11 is 0. The van der Waals surface area contributed by atoms with Crippen LogP contribution in [0.3, 0.4) is 0 Å². The Morgan fingerprint density at radius 1 is 1.19 bits per heavy atom. The summed E-state index contributed by atoms with van der Waals surface area (Å²) in [6.45, 7) is 4.37. The molecule has 1 saturated carbocycles. The molecule has 26 heavy (non-hydrogen) atoms. The Bertz CT molecular complexity index is 674. The first-order chi connectivity index (χ1) is 12.7. The Labute approximate surface area is 157 Å². The first-order valence-electron chi connectivity index (χ1n) is 9.85. The predicted octanol–water partition coefficient (Wildman–Crippen LogP) is 4.06. The molecule has 1 N–H and O–H groups in total. The van der Waals surface area contributed by atoms with Crippen LogP contribution in [-0.2, 0) is 13.1 Å². The van der Waals surface area contributed by atoms with Crippen LogP contribution in [0.5, 0.6) is 5.75 Å². The van der Waals surface area contributed by atoms with E-state index < -0.39 is 0 Å². The summed E-state index contributed by atoms with van der Waals surface area (Å²) in [4.78, 5) is 2.49. The number of aliphatic hydroxyl groups is 1. The molecule has 0 amide bonds. The van der Waals surface area contributed by atoms with Crippen molar-refractivity contribution in [3.05, 3.63) is 53.9 Å². The molecule has 1 aromatic heterocycles. The van der Waals surface area contributed by atoms with Crippen molar-refractivity contribution >= 4 is 0 Å². The molecule has 4 nitrogen and oxygen atoms in total. The second-order valence-electron chi connectivity index (χ2n) is 7.55. The Morgan fingerprint density at radius 3 is 2.73 bits per heavy atom. The number of benzene rings is 1. The topological polar surface area (TPSA) is 37.6 Å². The van der Waals surface area contributed by atoms with Crippen molar-refractivity contribution in [2.75, 3.05) is 13.7 Å². The molecular weight excluding hydrogens is 324 g/mol. The van der Waals surface area contributed by atoms with Crippen molar-refractivity contribution in [2.45, 2.75) is 64.3 Å². The van der Waals surface area contributed by atoms with E-state index in [1.54, 1.807) is 7.11 Å². The average molecular weight is 357 g/mol. The molecule has 0 aliphatic heterocycles. The monoisotopic (exact) mass is 356 g/mol. The van der Waals surface area contributed by atoms with E-state index in [9.17, 15) is 5.11 Å². The van der Waals surface area contributed by atoms with Gasteiger partial charge in [0.15, 0.2) is 0 Å². The minimum absolute atomic E-state index is 0.293. The van der Waals surface area contributed by atoms with Gasteiger partial charge in [-0.1, -0.05) is 31.4 Å². The minimum atomic E-state index is -0.293. The van der Waals surface area contributed by atoms with Crippen LogP contribution in [0.2, 0.25) is 0 Å². The molecule has 4 heteroatoms. The van der Waals surface area contributed by atoms with E-state index in [0.29, 0.717) is 6.04 Å². The van der Waals surface area contributed by atoms with Gasteiger partial charge in [0.25, 0.3) is 0 Å². The highest BCUT2D eigenvalue weighted by molar-refractivity contribution is 5.29. The SMILES string of the molecule is COc1cccc(Cn2cccc2CN(CC(C)O)C2CCCCC2)c1. The number of aromatic nitrogens is 1. The second kappa shape index (κ2) is 9.24. The maximum absolute atomic E-state index is 9.98. The molecule has 3 rings (SSSR count). The van der Waals surface area contributed by atoms with Crippen LogP contribution in [0.1, 0.15) is 50.3 Å². The van der Waals surface area contributed by atoms with Gasteiger partial charge >= 0.3 is 0 Å². The molecule has 0 spiro atoms. The van der Waals surface area contributed by atoms with Crippen LogP contribution in [0.25, 0.3) is 0 Å². The molecule has 0 radical (unpaired) electrons. The summed E-state index contributed by atoms with van der Waals surface area (Å²) < 4.78 is 7.66. The fourth-order valence-corrected chi connectivity index (χ4v) is 4.05. The molecule has 1 aliphatic rings. The molecule has 2 aromatic rings. The predicted molar refractivity (Wildman–Crippen MR) is 105 cm³/mol. The molecular formula is C22H32N2O2. The fourth-order valence-electron chi connectivity index (χ4n) is 4.05. The number of aliphatic hydroxyl groups excluding tert-OH is 1. The maximum atomic E-state index is 9.98. The zero-order chi connectivity index (χ0) is 18.4. The van der Waals surface area contributed by atoms with E-state index in [2.05, 4.69) is 39.9 Å². The van der Waals surface area contributed by atoms with Gasteiger partial charge in [0.05, 0.1) is 13.2 Å². The summed E-state index contributed by atoms with van der Waals surface area (Å²) in [5.41, 5.74) is 2.54. The summed E-state index contributed by atoms with van der Waals surface area (Å²) in [6, 6.07) is 13.2. The molecule has 142 valence electrons. The van der Waals surface area contributed by atoms with Gasteiger partial charge in [-0.25, -0.2) is 0 Å². The summed E-state index contributed by atoms with van der Waals surface area (Å²) in [5, 5.41) is 9.98. The Balaban J connectivity index is 1.72. The Hall–Kier alpha value is -1.78. The standard InChI is InChI=1S/C22H32N2O2/c1-18(25)15-24(20-9-4-3-5-10-20)17-21-11-7-13-23(21)16-19-8-6-12-22(14-19)26-2/h6-8,11-14,18,20,25H,3-5,9-10,15-17H2,1-2H3. The van der Waals surface area contributed by atoms with Crippen LogP contribution >= 0.6 is 0 Å². The zero-order valence-electron chi connectivity index (χ0n) is 16.1. The summed E-state index contributed by atoms with van der Waals surface area (Å²) in [7, 11) is 1.71. The summed E-state index contributed by atoms with van der Waals surface area (Å²) in [6.07, 6.45) is 8.34. The molecule has 0 saturated heterocycles. The van der Waals surface area contributed by atoms with Gasteiger partial charge in [-0.3, -0.25) is 4.90 Å². The van der Waals surface area contributed by atoms with Gasteiger partial charge in [-0.05, 0) is 49.6 Å². The third-order valence-corrected chi connectivity index (χ3v) is 5.37. The van der Waals surface area contributed by atoms with E-state index in [1.807, 2.05) is 19.1 Å². The van der Waals surface area contributed by atoms with E-state index in [0.717, 1.165) is 25.4 Å². The molecule has 1 heterocycles. The maximum Gasteiger partial charge on any atom is 0.119 e. The quantitative estimate of drug-likeness (QED) is 0.775. The fraction of sp³-hybridized carbons (Fsp3) is 0.545. The number of methoxy groups -OCH3 is 1. The smallest absolute Gasteiger partial charge is 0.119 e. The molecule has 0 bridgehead atoms. The molecule has 1 fully saturated rings. The summed E-state index contributed by atoms with van der Waals surface area (Å²) in [5.74, 6) is 0.897. The third-order valence-electron chi connectivity index (χ3n) is 5.37. The Kier molecular flexibility index (Phi) is 6.75. The van der Waals surface area contributed by atoms with Crippen LogP contribution in [-0.4, -0.2) is 40.4 Å². The van der Waals surface area contributed by atoms with Crippen LogP contribution in [0, 0.1) is 0 Å². The lowest BCUT2D eigenvalue weighted by molar-refractivity contribution is 0.0752. The van der Waals surface area contributed by atoms with Crippen molar-refractivity contribution in [2.24, 2.45) is 0 Å². The average Bonchev–Trinajstić information content (AvgIpc) is 3.08. The van der Waals surface area contributed by atoms with Crippen molar-refractivity contribution in [3.8, 4) is 5.75 Å². The van der Waals surface area contributed by atoms with Gasteiger partial charge in [-0.2, -0.15) is 0 Å². The number of nitrogens with zero attached hydrogens (tertiary/aromatic N) is 2. The largest absolute Gasteiger partial charge is 0.497 e. The van der Waals surface area contributed by atoms with Gasteiger partial charge in [0.1, 0.15) is 5.75 Å². The highest BCUT2D eigenvalue weighted by Gasteiger charge is 2.23. The molecule has 1 atom stereocenters. The van der Waals surface area contributed by atoms with E-state index in [-0.39, 0.29) is 6.10 Å². The van der Waals surface area contributed by atoms with E-state index in [1.165, 1.54) is 43.4 Å². The van der Waals surface area contributed by atoms with Crippen molar-refractivity contribution in [1.29, 1.82) is 0 Å². The minimum Gasteiger partial charge on any atom is -0.497 e. The van der Waals surface area contributed by atoms with Crippen LogP contribution in [0.15, 0.2) is 42.6 Å². The zero-order valence-corrected chi connectivity index (χ0v) is 16.1. The van der Waals surface area contributed by atoms with Crippen molar-refractivity contribution in [3.63, 3.8) is 0 Å². The second-order valence-corrected chi connectivity index (χ2v) is 7.55. The third kappa shape index (κ3) is 5.12. The van der Waals surface area contributed by atoms with E-state index in [4.69, 9.17) is 4.74 Å².